The molecule has 0 aliphatic rings. The van der Waals surface area contributed by atoms with Crippen molar-refractivity contribution in [3.63, 3.8) is 0 Å². The molecule has 2 heteroatoms. The first-order valence-electron chi connectivity index (χ1n) is 6.12. The van der Waals surface area contributed by atoms with Gasteiger partial charge in [0.05, 0.1) is 13.7 Å². The van der Waals surface area contributed by atoms with E-state index in [1.807, 2.05) is 36.4 Å². The lowest BCUT2D eigenvalue weighted by Gasteiger charge is -2.27. The van der Waals surface area contributed by atoms with E-state index >= 15 is 0 Å². The van der Waals surface area contributed by atoms with E-state index in [1.54, 1.807) is 7.11 Å². The summed E-state index contributed by atoms with van der Waals surface area (Å²) in [4.78, 5) is 0. The molecule has 1 N–H and O–H groups in total. The van der Waals surface area contributed by atoms with Crippen molar-refractivity contribution in [2.45, 2.75) is 20.3 Å². The third kappa shape index (κ3) is 3.47. The number of allylic oxidation sites excluding steroid dienone is 2. The number of hydrogen-bond acceptors (Lipinski definition) is 2. The second-order valence-corrected chi connectivity index (χ2v) is 4.91. The maximum atomic E-state index is 9.20. The van der Waals surface area contributed by atoms with E-state index in [1.165, 1.54) is 0 Å². The van der Waals surface area contributed by atoms with Gasteiger partial charge in [-0.05, 0) is 35.1 Å². The highest BCUT2D eigenvalue weighted by Crippen LogP contribution is 2.38. The van der Waals surface area contributed by atoms with E-state index in [9.17, 15) is 5.11 Å². The number of benzene rings is 1. The zero-order valence-electron chi connectivity index (χ0n) is 11.4. The van der Waals surface area contributed by atoms with Crippen LogP contribution in [0.2, 0.25) is 0 Å². The Bertz CT molecular complexity index is 413. The Morgan fingerprint density at radius 2 is 1.94 bits per heavy atom. The van der Waals surface area contributed by atoms with Gasteiger partial charge in [0.2, 0.25) is 0 Å². The summed E-state index contributed by atoms with van der Waals surface area (Å²) in [6, 6.07) is 7.91. The predicted molar refractivity (Wildman–Crippen MR) is 76.7 cm³/mol. The third-order valence-corrected chi connectivity index (χ3v) is 3.08. The molecule has 1 rings (SSSR count). The number of methoxy groups -OCH3 is 1. The van der Waals surface area contributed by atoms with Gasteiger partial charge in [0.25, 0.3) is 0 Å². The molecule has 0 bridgehead atoms. The molecule has 0 heterocycles. The van der Waals surface area contributed by atoms with Crippen LogP contribution < -0.4 is 4.74 Å². The van der Waals surface area contributed by atoms with Crippen LogP contribution in [-0.4, -0.2) is 18.8 Å². The second kappa shape index (κ2) is 6.41. The summed E-state index contributed by atoms with van der Waals surface area (Å²) < 4.78 is 5.16. The monoisotopic (exact) mass is 246 g/mol. The molecule has 2 nitrogen and oxygen atoms in total. The molecule has 0 amide bonds. The predicted octanol–water partition coefficient (Wildman–Crippen LogP) is 3.67. The number of hydrogen-bond donors (Lipinski definition) is 1. The molecular formula is C16H22O2. The van der Waals surface area contributed by atoms with Gasteiger partial charge in [-0.25, -0.2) is 0 Å². The van der Waals surface area contributed by atoms with Crippen molar-refractivity contribution >= 4 is 5.57 Å². The molecule has 18 heavy (non-hydrogen) atoms. The first-order chi connectivity index (χ1) is 8.55. The molecular weight excluding hydrogens is 224 g/mol. The summed E-state index contributed by atoms with van der Waals surface area (Å²) in [6.45, 7) is 8.15. The van der Waals surface area contributed by atoms with Crippen LogP contribution in [0.4, 0.5) is 0 Å². The molecule has 0 spiro atoms. The van der Waals surface area contributed by atoms with E-state index in [0.717, 1.165) is 23.3 Å². The van der Waals surface area contributed by atoms with Crippen LogP contribution in [0.1, 0.15) is 25.8 Å². The Labute approximate surface area is 110 Å². The number of aliphatic hydroxyl groups is 1. The molecule has 0 aliphatic heterocycles. The molecule has 1 aromatic carbocycles. The largest absolute Gasteiger partial charge is 0.497 e. The molecule has 0 atom stereocenters. The lowest BCUT2D eigenvalue weighted by atomic mass is 9.77. The number of ether oxygens (including phenoxy) is 1. The maximum Gasteiger partial charge on any atom is 0.118 e. The maximum absolute atomic E-state index is 9.20. The molecule has 1 aromatic rings. The highest BCUT2D eigenvalue weighted by atomic mass is 16.5. The Morgan fingerprint density at radius 3 is 2.39 bits per heavy atom. The van der Waals surface area contributed by atoms with Crippen LogP contribution in [0, 0.1) is 5.41 Å². The van der Waals surface area contributed by atoms with E-state index in [-0.39, 0.29) is 12.0 Å². The van der Waals surface area contributed by atoms with Gasteiger partial charge in [-0.2, -0.15) is 0 Å². The average Bonchev–Trinajstić information content (AvgIpc) is 2.36. The second-order valence-electron chi connectivity index (χ2n) is 4.91. The van der Waals surface area contributed by atoms with Gasteiger partial charge in [-0.15, -0.1) is 6.58 Å². The van der Waals surface area contributed by atoms with Crippen LogP contribution in [0.3, 0.4) is 0 Å². The minimum Gasteiger partial charge on any atom is -0.497 e. The molecule has 0 saturated carbocycles. The standard InChI is InChI=1S/C16H22O2/c1-5-11-16(2,3)15(10-12-17)13-6-8-14(18-4)9-7-13/h5-10,17H,1,11-12H2,2-4H3/b15-10+. The molecule has 0 fully saturated rings. The lowest BCUT2D eigenvalue weighted by Crippen LogP contribution is -2.13. The summed E-state index contributed by atoms with van der Waals surface area (Å²) >= 11 is 0. The van der Waals surface area contributed by atoms with E-state index in [2.05, 4.69) is 20.4 Å². The quantitative estimate of drug-likeness (QED) is 0.776. The molecule has 0 radical (unpaired) electrons. The van der Waals surface area contributed by atoms with Gasteiger partial charge in [0, 0.05) is 0 Å². The summed E-state index contributed by atoms with van der Waals surface area (Å²) in [6.07, 6.45) is 4.64. The van der Waals surface area contributed by atoms with E-state index < -0.39 is 0 Å². The summed E-state index contributed by atoms with van der Waals surface area (Å²) in [7, 11) is 1.65. The lowest BCUT2D eigenvalue weighted by molar-refractivity contribution is 0.341. The van der Waals surface area contributed by atoms with Crippen LogP contribution >= 0.6 is 0 Å². The highest BCUT2D eigenvalue weighted by Gasteiger charge is 2.22. The van der Waals surface area contributed by atoms with Gasteiger partial charge in [0.1, 0.15) is 5.75 Å². The van der Waals surface area contributed by atoms with Gasteiger partial charge >= 0.3 is 0 Å². The van der Waals surface area contributed by atoms with Crippen molar-refractivity contribution in [1.82, 2.24) is 0 Å². The van der Waals surface area contributed by atoms with Crippen molar-refractivity contribution in [2.24, 2.45) is 5.41 Å². The topological polar surface area (TPSA) is 29.5 Å². The molecule has 0 saturated heterocycles. The van der Waals surface area contributed by atoms with Gasteiger partial charge in [-0.3, -0.25) is 0 Å². The van der Waals surface area contributed by atoms with Crippen LogP contribution in [0.15, 0.2) is 43.0 Å². The van der Waals surface area contributed by atoms with E-state index in [4.69, 9.17) is 4.74 Å². The number of rotatable bonds is 6. The fraction of sp³-hybridized carbons (Fsp3) is 0.375. The van der Waals surface area contributed by atoms with E-state index in [0.29, 0.717) is 0 Å². The van der Waals surface area contributed by atoms with Crippen molar-refractivity contribution in [3.8, 4) is 5.75 Å². The van der Waals surface area contributed by atoms with Crippen molar-refractivity contribution in [2.75, 3.05) is 13.7 Å². The van der Waals surface area contributed by atoms with Crippen LogP contribution in [0.25, 0.3) is 5.57 Å². The zero-order chi connectivity index (χ0) is 13.6. The molecule has 98 valence electrons. The third-order valence-electron chi connectivity index (χ3n) is 3.08. The molecule has 0 aliphatic carbocycles. The minimum absolute atomic E-state index is 0.0426. The van der Waals surface area contributed by atoms with Crippen LogP contribution in [-0.2, 0) is 0 Å². The molecule has 0 aromatic heterocycles. The Balaban J connectivity index is 3.12. The summed E-state index contributed by atoms with van der Waals surface area (Å²) in [5.74, 6) is 0.837. The van der Waals surface area contributed by atoms with Gasteiger partial charge in [0.15, 0.2) is 0 Å². The Hall–Kier alpha value is -1.54. The Kier molecular flexibility index (Phi) is 5.17. The van der Waals surface area contributed by atoms with Gasteiger partial charge in [-0.1, -0.05) is 38.1 Å². The zero-order valence-corrected chi connectivity index (χ0v) is 11.4. The first kappa shape index (κ1) is 14.5. The van der Waals surface area contributed by atoms with Crippen molar-refractivity contribution in [3.05, 3.63) is 48.6 Å². The van der Waals surface area contributed by atoms with Crippen molar-refractivity contribution < 1.29 is 9.84 Å². The Morgan fingerprint density at radius 1 is 1.33 bits per heavy atom. The first-order valence-corrected chi connectivity index (χ1v) is 6.12. The number of aliphatic hydroxyl groups excluding tert-OH is 1. The van der Waals surface area contributed by atoms with Gasteiger partial charge < -0.3 is 9.84 Å². The van der Waals surface area contributed by atoms with Crippen molar-refractivity contribution in [1.29, 1.82) is 0 Å². The fourth-order valence-electron chi connectivity index (χ4n) is 2.12. The minimum atomic E-state index is -0.0426. The average molecular weight is 246 g/mol. The highest BCUT2D eigenvalue weighted by molar-refractivity contribution is 5.70. The summed E-state index contributed by atoms with van der Waals surface area (Å²) in [5, 5.41) is 9.20. The molecule has 0 unspecified atom stereocenters. The summed E-state index contributed by atoms with van der Waals surface area (Å²) in [5.41, 5.74) is 2.20. The smallest absolute Gasteiger partial charge is 0.118 e. The SMILES string of the molecule is C=CCC(C)(C)/C(=C/CO)c1ccc(OC)cc1. The fourth-order valence-corrected chi connectivity index (χ4v) is 2.12. The normalized spacial score (nSPS) is 12.3. The van der Waals surface area contributed by atoms with Crippen LogP contribution in [0.5, 0.6) is 5.75 Å².